The van der Waals surface area contributed by atoms with Gasteiger partial charge in [-0.05, 0) is 25.8 Å². The van der Waals surface area contributed by atoms with Crippen LogP contribution in [0.15, 0.2) is 27.5 Å². The minimum absolute atomic E-state index is 0.220. The number of nitrogens with one attached hydrogen (secondary N) is 1. The summed E-state index contributed by atoms with van der Waals surface area (Å²) in [5, 5.41) is 6.69. The molecule has 18 heavy (non-hydrogen) atoms. The van der Waals surface area contributed by atoms with E-state index in [9.17, 15) is 4.79 Å². The summed E-state index contributed by atoms with van der Waals surface area (Å²) in [5.74, 6) is 1.41. The Bertz CT molecular complexity index is 543. The van der Waals surface area contributed by atoms with Gasteiger partial charge in [0.05, 0.1) is 11.8 Å². The van der Waals surface area contributed by atoms with Crippen LogP contribution in [-0.4, -0.2) is 16.0 Å². The lowest BCUT2D eigenvalue weighted by Gasteiger charge is -2.07. The first kappa shape index (κ1) is 11.0. The second-order valence-corrected chi connectivity index (χ2v) is 4.47. The molecule has 0 spiro atoms. The van der Waals surface area contributed by atoms with Gasteiger partial charge in [-0.25, -0.2) is 0 Å². The fourth-order valence-corrected chi connectivity index (χ4v) is 1.67. The van der Waals surface area contributed by atoms with Crippen LogP contribution >= 0.6 is 0 Å². The molecule has 0 aromatic carbocycles. The number of rotatable bonds is 4. The molecule has 0 saturated heterocycles. The van der Waals surface area contributed by atoms with Crippen LogP contribution in [0.5, 0.6) is 0 Å². The topological polar surface area (TPSA) is 81.2 Å². The third-order valence-electron chi connectivity index (χ3n) is 2.90. The molecule has 1 saturated carbocycles. The van der Waals surface area contributed by atoms with Crippen LogP contribution in [0.25, 0.3) is 0 Å². The van der Waals surface area contributed by atoms with Crippen molar-refractivity contribution in [3.63, 3.8) is 0 Å². The number of furan rings is 1. The highest BCUT2D eigenvalue weighted by Crippen LogP contribution is 2.38. The van der Waals surface area contributed by atoms with Crippen molar-refractivity contribution in [3.05, 3.63) is 35.9 Å². The summed E-state index contributed by atoms with van der Waals surface area (Å²) in [6.07, 6.45) is 5.09. The van der Waals surface area contributed by atoms with Gasteiger partial charge in [-0.3, -0.25) is 4.79 Å². The number of hydrogen-bond donors (Lipinski definition) is 1. The Labute approximate surface area is 103 Å². The normalized spacial score (nSPS) is 16.5. The second kappa shape index (κ2) is 4.29. The lowest BCUT2D eigenvalue weighted by Crippen LogP contribution is -2.26. The molecule has 2 heterocycles. The molecule has 94 valence electrons. The van der Waals surface area contributed by atoms with Gasteiger partial charge in [0.15, 0.2) is 5.82 Å². The maximum atomic E-state index is 11.8. The Morgan fingerprint density at radius 2 is 2.39 bits per heavy atom. The molecule has 2 aromatic rings. The van der Waals surface area contributed by atoms with Gasteiger partial charge in [0.2, 0.25) is 5.89 Å². The quantitative estimate of drug-likeness (QED) is 0.893. The molecule has 1 aliphatic rings. The molecular weight excluding hydrogens is 234 g/mol. The minimum atomic E-state index is -0.313. The van der Waals surface area contributed by atoms with Crippen molar-refractivity contribution in [1.29, 1.82) is 0 Å². The molecule has 1 unspecified atom stereocenters. The van der Waals surface area contributed by atoms with Crippen molar-refractivity contribution in [2.75, 3.05) is 0 Å². The van der Waals surface area contributed by atoms with E-state index in [0.717, 1.165) is 18.7 Å². The molecule has 1 aliphatic carbocycles. The smallest absolute Gasteiger partial charge is 0.255 e. The lowest BCUT2D eigenvalue weighted by molar-refractivity contribution is 0.0932. The predicted octanol–water partition coefficient (Wildman–Crippen LogP) is 2.03. The zero-order chi connectivity index (χ0) is 12.5. The molecular formula is C12H13N3O3. The highest BCUT2D eigenvalue weighted by molar-refractivity contribution is 5.93. The molecule has 1 fully saturated rings. The fraction of sp³-hybridized carbons (Fsp3) is 0.417. The van der Waals surface area contributed by atoms with Crippen molar-refractivity contribution < 1.29 is 13.7 Å². The van der Waals surface area contributed by atoms with E-state index in [0.29, 0.717) is 17.4 Å². The number of hydrogen-bond acceptors (Lipinski definition) is 5. The largest absolute Gasteiger partial charge is 0.472 e. The van der Waals surface area contributed by atoms with Gasteiger partial charge in [0.25, 0.3) is 5.91 Å². The Hall–Kier alpha value is -2.11. The van der Waals surface area contributed by atoms with Crippen molar-refractivity contribution in [1.82, 2.24) is 15.5 Å². The number of aromatic nitrogens is 2. The van der Waals surface area contributed by atoms with Crippen LogP contribution in [0.3, 0.4) is 0 Å². The third kappa shape index (κ3) is 2.13. The third-order valence-corrected chi connectivity index (χ3v) is 2.90. The fourth-order valence-electron chi connectivity index (χ4n) is 1.67. The van der Waals surface area contributed by atoms with Crippen LogP contribution < -0.4 is 5.32 Å². The zero-order valence-corrected chi connectivity index (χ0v) is 9.92. The van der Waals surface area contributed by atoms with E-state index in [1.807, 2.05) is 6.92 Å². The van der Waals surface area contributed by atoms with Gasteiger partial charge in [-0.1, -0.05) is 5.16 Å². The summed E-state index contributed by atoms with van der Waals surface area (Å²) in [7, 11) is 0. The second-order valence-electron chi connectivity index (χ2n) is 4.47. The molecule has 1 N–H and O–H groups in total. The highest BCUT2D eigenvalue weighted by atomic mass is 16.5. The molecule has 0 bridgehead atoms. The highest BCUT2D eigenvalue weighted by Gasteiger charge is 2.29. The number of nitrogens with zero attached hydrogens (tertiary/aromatic N) is 2. The van der Waals surface area contributed by atoms with E-state index in [2.05, 4.69) is 15.5 Å². The van der Waals surface area contributed by atoms with Crippen LogP contribution in [-0.2, 0) is 0 Å². The average molecular weight is 247 g/mol. The maximum Gasteiger partial charge on any atom is 0.255 e. The van der Waals surface area contributed by atoms with Crippen LogP contribution in [0, 0.1) is 0 Å². The van der Waals surface area contributed by atoms with E-state index >= 15 is 0 Å². The van der Waals surface area contributed by atoms with Gasteiger partial charge in [-0.15, -0.1) is 0 Å². The van der Waals surface area contributed by atoms with Gasteiger partial charge >= 0.3 is 0 Å². The van der Waals surface area contributed by atoms with Crippen molar-refractivity contribution >= 4 is 5.91 Å². The Balaban J connectivity index is 1.66. The monoisotopic (exact) mass is 247 g/mol. The Morgan fingerprint density at radius 1 is 1.56 bits per heavy atom. The zero-order valence-electron chi connectivity index (χ0n) is 9.92. The van der Waals surface area contributed by atoms with Crippen LogP contribution in [0.2, 0.25) is 0 Å². The maximum absolute atomic E-state index is 11.8. The van der Waals surface area contributed by atoms with Crippen molar-refractivity contribution in [3.8, 4) is 0 Å². The van der Waals surface area contributed by atoms with E-state index < -0.39 is 0 Å². The van der Waals surface area contributed by atoms with Crippen molar-refractivity contribution in [2.24, 2.45) is 0 Å². The number of amides is 1. The predicted molar refractivity (Wildman–Crippen MR) is 60.9 cm³/mol. The summed E-state index contributed by atoms with van der Waals surface area (Å²) in [4.78, 5) is 16.1. The van der Waals surface area contributed by atoms with Gasteiger partial charge in [0.1, 0.15) is 12.3 Å². The molecule has 0 radical (unpaired) electrons. The lowest BCUT2D eigenvalue weighted by atomic mass is 10.2. The summed E-state index contributed by atoms with van der Waals surface area (Å²) in [6, 6.07) is 1.29. The van der Waals surface area contributed by atoms with Gasteiger partial charge in [-0.2, -0.15) is 4.98 Å². The van der Waals surface area contributed by atoms with Crippen molar-refractivity contribution in [2.45, 2.75) is 31.7 Å². The SMILES string of the molecule is CC(NC(=O)c1ccoc1)c1nc(C2CC2)no1. The van der Waals surface area contributed by atoms with Gasteiger partial charge < -0.3 is 14.3 Å². The molecule has 3 rings (SSSR count). The molecule has 0 aliphatic heterocycles. The average Bonchev–Trinajstić information content (AvgIpc) is 2.91. The van der Waals surface area contributed by atoms with E-state index in [1.165, 1.54) is 12.5 Å². The number of carbonyl (C=O) groups is 1. The summed E-state index contributed by atoms with van der Waals surface area (Å²) in [6.45, 7) is 1.81. The standard InChI is InChI=1S/C12H13N3O3/c1-7(13-11(16)9-4-5-17-6-9)12-14-10(15-18-12)8-2-3-8/h4-8H,2-3H2,1H3,(H,13,16). The molecule has 6 heteroatoms. The van der Waals surface area contributed by atoms with Gasteiger partial charge in [0, 0.05) is 5.92 Å². The molecule has 1 amide bonds. The Morgan fingerprint density at radius 3 is 3.06 bits per heavy atom. The summed E-state index contributed by atoms with van der Waals surface area (Å²) in [5.41, 5.74) is 0.476. The molecule has 6 nitrogen and oxygen atoms in total. The Kier molecular flexibility index (Phi) is 2.62. The number of carbonyl (C=O) groups excluding carboxylic acids is 1. The summed E-state index contributed by atoms with van der Waals surface area (Å²) < 4.78 is 10.0. The van der Waals surface area contributed by atoms with E-state index in [1.54, 1.807) is 6.07 Å². The molecule has 1 atom stereocenters. The first-order valence-corrected chi connectivity index (χ1v) is 5.90. The van der Waals surface area contributed by atoms with Crippen LogP contribution in [0.1, 0.15) is 53.8 Å². The first-order chi connectivity index (χ1) is 8.74. The summed E-state index contributed by atoms with van der Waals surface area (Å²) >= 11 is 0. The molecule has 2 aromatic heterocycles. The first-order valence-electron chi connectivity index (χ1n) is 5.90. The van der Waals surface area contributed by atoms with E-state index in [4.69, 9.17) is 8.94 Å². The van der Waals surface area contributed by atoms with E-state index in [-0.39, 0.29) is 11.9 Å². The minimum Gasteiger partial charge on any atom is -0.472 e. The van der Waals surface area contributed by atoms with Crippen LogP contribution in [0.4, 0.5) is 0 Å².